The number of carboxylic acids is 1. The minimum Gasteiger partial charge on any atom is -0.477 e. The number of carboxylic acid groups (broad SMARTS) is 1. The molecule has 0 unspecified atom stereocenters. The zero-order chi connectivity index (χ0) is 16.0. The molecule has 0 saturated heterocycles. The smallest absolute Gasteiger partial charge is 0.343 e. The van der Waals surface area contributed by atoms with Crippen LogP contribution in [0.25, 0.3) is 0 Å². The summed E-state index contributed by atoms with van der Waals surface area (Å²) in [7, 11) is 0. The minimum atomic E-state index is -1.33. The van der Waals surface area contributed by atoms with Crippen molar-refractivity contribution in [3.8, 4) is 0 Å². The second-order valence-electron chi connectivity index (χ2n) is 5.29. The highest BCUT2D eigenvalue weighted by molar-refractivity contribution is 6.21. The minimum absolute atomic E-state index is 0.133. The Labute approximate surface area is 123 Å². The molecule has 21 heavy (non-hydrogen) atoms. The fraction of sp³-hybridized carbons (Fsp3) is 0.333. The molecular weight excluding hydrogens is 272 g/mol. The standard InChI is InChI=1S/C15H20N2O4/c1-10(16-9-15(2,3)21)12(14(19)20)13(18)17-11-7-5-4-6-8-11/h4-8,16,21H,9H2,1-3H3,(H,17,18)(H,19,20). The van der Waals surface area contributed by atoms with Crippen LogP contribution in [0, 0.1) is 0 Å². The number of rotatable bonds is 6. The number of para-hydroxylation sites is 1. The topological polar surface area (TPSA) is 98.7 Å². The second kappa shape index (κ2) is 6.90. The molecule has 0 aliphatic carbocycles. The Bertz CT molecular complexity index is 545. The number of carbonyl (C=O) groups is 2. The molecule has 6 nitrogen and oxygen atoms in total. The molecule has 0 saturated carbocycles. The van der Waals surface area contributed by atoms with Gasteiger partial charge >= 0.3 is 5.97 Å². The Hall–Kier alpha value is -2.34. The molecular formula is C15H20N2O4. The SMILES string of the molecule is CC(NCC(C)(C)O)=C(C(=O)O)C(=O)Nc1ccccc1. The summed E-state index contributed by atoms with van der Waals surface area (Å²) in [4.78, 5) is 23.3. The zero-order valence-electron chi connectivity index (χ0n) is 12.3. The third kappa shape index (κ3) is 5.66. The van der Waals surface area contributed by atoms with Crippen molar-refractivity contribution in [3.63, 3.8) is 0 Å². The van der Waals surface area contributed by atoms with E-state index in [4.69, 9.17) is 0 Å². The lowest BCUT2D eigenvalue weighted by molar-refractivity contribution is -0.134. The van der Waals surface area contributed by atoms with Crippen LogP contribution in [0.2, 0.25) is 0 Å². The number of amides is 1. The summed E-state index contributed by atoms with van der Waals surface area (Å²) < 4.78 is 0. The van der Waals surface area contributed by atoms with Gasteiger partial charge in [-0.1, -0.05) is 18.2 Å². The van der Waals surface area contributed by atoms with Crippen molar-refractivity contribution >= 4 is 17.6 Å². The summed E-state index contributed by atoms with van der Waals surface area (Å²) in [6, 6.07) is 8.59. The quantitative estimate of drug-likeness (QED) is 0.360. The van der Waals surface area contributed by atoms with Gasteiger partial charge in [-0.05, 0) is 32.9 Å². The molecule has 0 bridgehead atoms. The number of aliphatic hydroxyl groups is 1. The van der Waals surface area contributed by atoms with Gasteiger partial charge in [0.2, 0.25) is 0 Å². The highest BCUT2D eigenvalue weighted by Crippen LogP contribution is 2.10. The maximum atomic E-state index is 12.1. The van der Waals surface area contributed by atoms with E-state index in [1.807, 2.05) is 0 Å². The van der Waals surface area contributed by atoms with Gasteiger partial charge in [-0.3, -0.25) is 4.79 Å². The highest BCUT2D eigenvalue weighted by atomic mass is 16.4. The predicted molar refractivity (Wildman–Crippen MR) is 79.7 cm³/mol. The molecule has 0 heterocycles. The van der Waals surface area contributed by atoms with Crippen molar-refractivity contribution in [1.82, 2.24) is 5.32 Å². The Morgan fingerprint density at radius 3 is 2.24 bits per heavy atom. The number of aliphatic carboxylic acids is 1. The molecule has 114 valence electrons. The van der Waals surface area contributed by atoms with Crippen LogP contribution < -0.4 is 10.6 Å². The monoisotopic (exact) mass is 292 g/mol. The molecule has 1 rings (SSSR count). The molecule has 0 aliphatic heterocycles. The van der Waals surface area contributed by atoms with Gasteiger partial charge in [-0.2, -0.15) is 0 Å². The number of allylic oxidation sites excluding steroid dienone is 1. The van der Waals surface area contributed by atoms with Crippen LogP contribution in [0.15, 0.2) is 41.6 Å². The first kappa shape index (κ1) is 16.7. The molecule has 0 fully saturated rings. The molecule has 4 N–H and O–H groups in total. The molecule has 0 radical (unpaired) electrons. The first-order chi connectivity index (χ1) is 9.70. The van der Waals surface area contributed by atoms with Gasteiger partial charge in [0.15, 0.2) is 0 Å². The van der Waals surface area contributed by atoms with Crippen molar-refractivity contribution in [2.75, 3.05) is 11.9 Å². The maximum absolute atomic E-state index is 12.1. The summed E-state index contributed by atoms with van der Waals surface area (Å²) >= 11 is 0. The highest BCUT2D eigenvalue weighted by Gasteiger charge is 2.22. The lowest BCUT2D eigenvalue weighted by Gasteiger charge is -2.19. The van der Waals surface area contributed by atoms with Crippen molar-refractivity contribution in [3.05, 3.63) is 41.6 Å². The zero-order valence-corrected chi connectivity index (χ0v) is 12.3. The number of anilines is 1. The maximum Gasteiger partial charge on any atom is 0.343 e. The van der Waals surface area contributed by atoms with Gasteiger partial charge in [-0.15, -0.1) is 0 Å². The van der Waals surface area contributed by atoms with E-state index >= 15 is 0 Å². The number of nitrogens with one attached hydrogen (secondary N) is 2. The summed E-state index contributed by atoms with van der Waals surface area (Å²) in [5.74, 6) is -2.04. The Morgan fingerprint density at radius 1 is 1.19 bits per heavy atom. The molecule has 0 spiro atoms. The van der Waals surface area contributed by atoms with Crippen LogP contribution in [0.3, 0.4) is 0 Å². The van der Waals surface area contributed by atoms with Crippen LogP contribution in [0.5, 0.6) is 0 Å². The molecule has 0 atom stereocenters. The van der Waals surface area contributed by atoms with E-state index in [-0.39, 0.29) is 17.8 Å². The van der Waals surface area contributed by atoms with Crippen LogP contribution in [-0.4, -0.2) is 34.2 Å². The molecule has 1 aromatic carbocycles. The van der Waals surface area contributed by atoms with Gasteiger partial charge < -0.3 is 20.8 Å². The van der Waals surface area contributed by atoms with E-state index in [1.165, 1.54) is 6.92 Å². The molecule has 1 amide bonds. The number of benzene rings is 1. The Morgan fingerprint density at radius 2 is 1.76 bits per heavy atom. The molecule has 1 aromatic rings. The van der Waals surface area contributed by atoms with Crippen molar-refractivity contribution in [2.45, 2.75) is 26.4 Å². The fourth-order valence-electron chi connectivity index (χ4n) is 1.58. The van der Waals surface area contributed by atoms with Gasteiger partial charge in [0.25, 0.3) is 5.91 Å². The summed E-state index contributed by atoms with van der Waals surface area (Å²) in [6.07, 6.45) is 0. The van der Waals surface area contributed by atoms with Crippen molar-refractivity contribution in [2.24, 2.45) is 0 Å². The Balaban J connectivity index is 2.90. The van der Waals surface area contributed by atoms with Gasteiger partial charge in [-0.25, -0.2) is 4.79 Å². The van der Waals surface area contributed by atoms with Crippen molar-refractivity contribution < 1.29 is 19.8 Å². The van der Waals surface area contributed by atoms with Gasteiger partial charge in [0.05, 0.1) is 5.60 Å². The van der Waals surface area contributed by atoms with E-state index in [2.05, 4.69) is 10.6 Å². The van der Waals surface area contributed by atoms with Crippen molar-refractivity contribution in [1.29, 1.82) is 0 Å². The number of hydrogen-bond acceptors (Lipinski definition) is 4. The lowest BCUT2D eigenvalue weighted by atomic mass is 10.1. The van der Waals surface area contributed by atoms with Gasteiger partial charge in [0, 0.05) is 17.9 Å². The van der Waals surface area contributed by atoms with Crippen LogP contribution in [-0.2, 0) is 9.59 Å². The largest absolute Gasteiger partial charge is 0.477 e. The Kier molecular flexibility index (Phi) is 5.49. The van der Waals surface area contributed by atoms with Crippen LogP contribution in [0.4, 0.5) is 5.69 Å². The average molecular weight is 292 g/mol. The summed E-state index contributed by atoms with van der Waals surface area (Å²) in [5.41, 5.74) is -0.696. The third-order valence-corrected chi connectivity index (χ3v) is 2.63. The first-order valence-corrected chi connectivity index (χ1v) is 6.47. The first-order valence-electron chi connectivity index (χ1n) is 6.47. The van der Waals surface area contributed by atoms with Gasteiger partial charge in [0.1, 0.15) is 5.57 Å². The van der Waals surface area contributed by atoms with E-state index in [1.54, 1.807) is 44.2 Å². The number of carbonyl (C=O) groups excluding carboxylic acids is 1. The van der Waals surface area contributed by atoms with E-state index in [0.717, 1.165) is 0 Å². The lowest BCUT2D eigenvalue weighted by Crippen LogP contribution is -2.35. The van der Waals surface area contributed by atoms with E-state index in [0.29, 0.717) is 5.69 Å². The normalized spacial score (nSPS) is 12.4. The second-order valence-corrected chi connectivity index (χ2v) is 5.29. The predicted octanol–water partition coefficient (Wildman–Crippen LogP) is 1.34. The van der Waals surface area contributed by atoms with E-state index in [9.17, 15) is 19.8 Å². The molecule has 0 aromatic heterocycles. The summed E-state index contributed by atoms with van der Waals surface area (Å²) in [6.45, 7) is 4.78. The summed E-state index contributed by atoms with van der Waals surface area (Å²) in [5, 5.41) is 24.1. The van der Waals surface area contributed by atoms with E-state index < -0.39 is 17.5 Å². The van der Waals surface area contributed by atoms with Crippen LogP contribution in [0.1, 0.15) is 20.8 Å². The van der Waals surface area contributed by atoms with Crippen LogP contribution >= 0.6 is 0 Å². The molecule has 6 heteroatoms. The average Bonchev–Trinajstić information content (AvgIpc) is 2.36. The third-order valence-electron chi connectivity index (χ3n) is 2.63. The number of hydrogen-bond donors (Lipinski definition) is 4. The molecule has 0 aliphatic rings. The fourth-order valence-corrected chi connectivity index (χ4v) is 1.58.